The van der Waals surface area contributed by atoms with Crippen molar-refractivity contribution < 1.29 is 9.53 Å². The van der Waals surface area contributed by atoms with E-state index in [0.29, 0.717) is 18.5 Å². The third-order valence-corrected chi connectivity index (χ3v) is 4.76. The number of hydrogen-bond donors (Lipinski definition) is 0. The minimum atomic E-state index is 0. The van der Waals surface area contributed by atoms with Crippen LogP contribution < -0.4 is 4.74 Å². The van der Waals surface area contributed by atoms with E-state index in [1.165, 1.54) is 19.3 Å². The molecule has 130 valence electrons. The van der Waals surface area contributed by atoms with Gasteiger partial charge in [0.05, 0.1) is 13.5 Å². The van der Waals surface area contributed by atoms with Gasteiger partial charge in [0.15, 0.2) is 0 Å². The number of carbonyl (C=O) groups excluding carboxylic acids is 1. The molecular weight excluding hydrogens is 312 g/mol. The van der Waals surface area contributed by atoms with Crippen molar-refractivity contribution in [1.82, 2.24) is 9.80 Å². The van der Waals surface area contributed by atoms with Crippen LogP contribution in [0.5, 0.6) is 5.75 Å². The summed E-state index contributed by atoms with van der Waals surface area (Å²) in [7, 11) is 7.84. The smallest absolute Gasteiger partial charge is 0.227 e. The molecule has 1 aliphatic rings. The fourth-order valence-corrected chi connectivity index (χ4v) is 3.37. The van der Waals surface area contributed by atoms with E-state index >= 15 is 0 Å². The van der Waals surface area contributed by atoms with E-state index in [-0.39, 0.29) is 18.3 Å². The standard InChI is InChI=1S/C18H28N2O2.ClH/c1-19(2)16-7-5-6-8-17(16)20(3)18(21)13-14-9-11-15(22-4)12-10-14;/h9-12,16-17H,5-8,13H2,1-4H3;1H. The molecule has 2 rings (SSSR count). The van der Waals surface area contributed by atoms with Crippen LogP contribution in [-0.2, 0) is 11.2 Å². The van der Waals surface area contributed by atoms with Gasteiger partial charge in [0, 0.05) is 19.1 Å². The molecule has 4 nitrogen and oxygen atoms in total. The highest BCUT2D eigenvalue weighted by atomic mass is 35.5. The van der Waals surface area contributed by atoms with E-state index in [4.69, 9.17) is 4.74 Å². The van der Waals surface area contributed by atoms with E-state index in [1.807, 2.05) is 36.2 Å². The van der Waals surface area contributed by atoms with Gasteiger partial charge in [-0.05, 0) is 44.6 Å². The second kappa shape index (κ2) is 9.14. The highest BCUT2D eigenvalue weighted by Crippen LogP contribution is 2.26. The number of amides is 1. The first-order chi connectivity index (χ1) is 10.5. The van der Waals surface area contributed by atoms with Crippen molar-refractivity contribution in [3.05, 3.63) is 29.8 Å². The Morgan fingerprint density at radius 3 is 2.17 bits per heavy atom. The van der Waals surface area contributed by atoms with Crippen LogP contribution in [0.1, 0.15) is 31.2 Å². The zero-order valence-electron chi connectivity index (χ0n) is 14.6. The second-order valence-corrected chi connectivity index (χ2v) is 6.41. The number of hydrogen-bond acceptors (Lipinski definition) is 3. The van der Waals surface area contributed by atoms with Crippen molar-refractivity contribution in [1.29, 1.82) is 0 Å². The Morgan fingerprint density at radius 1 is 1.09 bits per heavy atom. The highest BCUT2D eigenvalue weighted by molar-refractivity contribution is 5.85. The van der Waals surface area contributed by atoms with Crippen LogP contribution in [0.15, 0.2) is 24.3 Å². The van der Waals surface area contributed by atoms with E-state index in [0.717, 1.165) is 17.7 Å². The molecule has 23 heavy (non-hydrogen) atoms. The first-order valence-corrected chi connectivity index (χ1v) is 8.08. The molecule has 0 aromatic heterocycles. The summed E-state index contributed by atoms with van der Waals surface area (Å²) in [6, 6.07) is 8.55. The summed E-state index contributed by atoms with van der Waals surface area (Å²) in [5, 5.41) is 0. The molecule has 5 heteroatoms. The van der Waals surface area contributed by atoms with Crippen LogP contribution in [0.2, 0.25) is 0 Å². The van der Waals surface area contributed by atoms with Crippen molar-refractivity contribution >= 4 is 18.3 Å². The topological polar surface area (TPSA) is 32.8 Å². The normalized spacial score (nSPS) is 20.7. The minimum Gasteiger partial charge on any atom is -0.497 e. The molecule has 0 heterocycles. The van der Waals surface area contributed by atoms with Gasteiger partial charge in [-0.15, -0.1) is 12.4 Å². The number of halogens is 1. The summed E-state index contributed by atoms with van der Waals surface area (Å²) >= 11 is 0. The van der Waals surface area contributed by atoms with Crippen molar-refractivity contribution in [2.45, 2.75) is 44.2 Å². The van der Waals surface area contributed by atoms with E-state index in [2.05, 4.69) is 19.0 Å². The molecule has 0 aliphatic heterocycles. The largest absolute Gasteiger partial charge is 0.497 e. The van der Waals surface area contributed by atoms with Crippen LogP contribution in [-0.4, -0.2) is 56.0 Å². The molecule has 0 radical (unpaired) electrons. The van der Waals surface area contributed by atoms with Crippen LogP contribution >= 0.6 is 12.4 Å². The first kappa shape index (κ1) is 19.8. The summed E-state index contributed by atoms with van der Waals surface area (Å²) < 4.78 is 5.16. The molecule has 1 fully saturated rings. The third-order valence-electron chi connectivity index (χ3n) is 4.76. The zero-order chi connectivity index (χ0) is 16.1. The molecule has 2 atom stereocenters. The van der Waals surface area contributed by atoms with Gasteiger partial charge in [0.2, 0.25) is 5.91 Å². The Hall–Kier alpha value is -1.26. The Kier molecular flexibility index (Phi) is 7.86. The van der Waals surface area contributed by atoms with Crippen molar-refractivity contribution in [2.24, 2.45) is 0 Å². The number of rotatable bonds is 5. The monoisotopic (exact) mass is 340 g/mol. The van der Waals surface area contributed by atoms with Crippen LogP contribution in [0.4, 0.5) is 0 Å². The van der Waals surface area contributed by atoms with Crippen molar-refractivity contribution in [2.75, 3.05) is 28.3 Å². The molecular formula is C18H29ClN2O2. The fourth-order valence-electron chi connectivity index (χ4n) is 3.37. The van der Waals surface area contributed by atoms with Gasteiger partial charge in [0.1, 0.15) is 5.75 Å². The summed E-state index contributed by atoms with van der Waals surface area (Å²) in [6.07, 6.45) is 5.22. The Balaban J connectivity index is 0.00000264. The number of carbonyl (C=O) groups is 1. The van der Waals surface area contributed by atoms with E-state index in [9.17, 15) is 4.79 Å². The summed E-state index contributed by atoms with van der Waals surface area (Å²) in [5.41, 5.74) is 1.04. The predicted molar refractivity (Wildman–Crippen MR) is 96.4 cm³/mol. The van der Waals surface area contributed by atoms with E-state index in [1.54, 1.807) is 7.11 Å². The summed E-state index contributed by atoms with van der Waals surface area (Å²) in [6.45, 7) is 0. The average Bonchev–Trinajstić information content (AvgIpc) is 2.54. The van der Waals surface area contributed by atoms with Gasteiger partial charge in [-0.1, -0.05) is 25.0 Å². The zero-order valence-corrected chi connectivity index (χ0v) is 15.4. The SMILES string of the molecule is COc1ccc(CC(=O)N(C)C2CCCCC2N(C)C)cc1.Cl. The summed E-state index contributed by atoms with van der Waals surface area (Å²) in [4.78, 5) is 16.8. The maximum absolute atomic E-state index is 12.6. The molecule has 1 saturated carbocycles. The molecule has 0 N–H and O–H groups in total. The lowest BCUT2D eigenvalue weighted by Crippen LogP contribution is -2.52. The second-order valence-electron chi connectivity index (χ2n) is 6.41. The lowest BCUT2D eigenvalue weighted by molar-refractivity contribution is -0.133. The molecule has 1 aromatic carbocycles. The Labute approximate surface area is 146 Å². The van der Waals surface area contributed by atoms with E-state index < -0.39 is 0 Å². The number of benzene rings is 1. The van der Waals surface area contributed by atoms with Gasteiger partial charge < -0.3 is 14.5 Å². The van der Waals surface area contributed by atoms with Gasteiger partial charge in [0.25, 0.3) is 0 Å². The molecule has 0 spiro atoms. The number of ether oxygens (including phenoxy) is 1. The lowest BCUT2D eigenvalue weighted by atomic mass is 9.88. The minimum absolute atomic E-state index is 0. The van der Waals surface area contributed by atoms with Crippen LogP contribution in [0, 0.1) is 0 Å². The Bertz CT molecular complexity index is 490. The predicted octanol–water partition coefficient (Wildman–Crippen LogP) is 2.99. The van der Waals surface area contributed by atoms with Gasteiger partial charge >= 0.3 is 0 Å². The maximum atomic E-state index is 12.6. The Morgan fingerprint density at radius 2 is 1.65 bits per heavy atom. The first-order valence-electron chi connectivity index (χ1n) is 8.08. The number of methoxy groups -OCH3 is 1. The highest BCUT2D eigenvalue weighted by Gasteiger charge is 2.31. The summed E-state index contributed by atoms with van der Waals surface area (Å²) in [5.74, 6) is 1.02. The van der Waals surface area contributed by atoms with Gasteiger partial charge in [-0.2, -0.15) is 0 Å². The third kappa shape index (κ3) is 5.11. The average molecular weight is 341 g/mol. The molecule has 1 amide bonds. The molecule has 1 aromatic rings. The molecule has 0 bridgehead atoms. The van der Waals surface area contributed by atoms with Crippen LogP contribution in [0.3, 0.4) is 0 Å². The quantitative estimate of drug-likeness (QED) is 0.826. The fraction of sp³-hybridized carbons (Fsp3) is 0.611. The van der Waals surface area contributed by atoms with Gasteiger partial charge in [-0.3, -0.25) is 4.79 Å². The molecule has 1 aliphatic carbocycles. The lowest BCUT2D eigenvalue weighted by Gasteiger charge is -2.41. The van der Waals surface area contributed by atoms with Gasteiger partial charge in [-0.25, -0.2) is 0 Å². The number of likely N-dealkylation sites (N-methyl/N-ethyl adjacent to an activating group) is 2. The van der Waals surface area contributed by atoms with Crippen molar-refractivity contribution in [3.63, 3.8) is 0 Å². The molecule has 0 saturated heterocycles. The molecule has 2 unspecified atom stereocenters. The van der Waals surface area contributed by atoms with Crippen molar-refractivity contribution in [3.8, 4) is 5.75 Å². The van der Waals surface area contributed by atoms with Crippen LogP contribution in [0.25, 0.3) is 0 Å². The number of nitrogens with zero attached hydrogens (tertiary/aromatic N) is 2. The maximum Gasteiger partial charge on any atom is 0.227 e.